The van der Waals surface area contributed by atoms with E-state index < -0.39 is 6.04 Å². The smallest absolute Gasteiger partial charge is 0.244 e. The van der Waals surface area contributed by atoms with Gasteiger partial charge in [-0.1, -0.05) is 30.0 Å². The Balaban J connectivity index is 1.54. The van der Waals surface area contributed by atoms with Crippen LogP contribution in [0.1, 0.15) is 31.7 Å². The van der Waals surface area contributed by atoms with Crippen molar-refractivity contribution in [2.24, 2.45) is 0 Å². The number of piperidine rings is 1. The van der Waals surface area contributed by atoms with Crippen LogP contribution in [0, 0.1) is 6.92 Å². The lowest BCUT2D eigenvalue weighted by Gasteiger charge is -2.29. The highest BCUT2D eigenvalue weighted by Crippen LogP contribution is 2.23. The third-order valence-electron chi connectivity index (χ3n) is 4.67. The van der Waals surface area contributed by atoms with Crippen LogP contribution in [0.15, 0.2) is 35.4 Å². The highest BCUT2D eigenvalue weighted by atomic mass is 32.2. The van der Waals surface area contributed by atoms with Crippen molar-refractivity contribution in [2.75, 3.05) is 18.8 Å². The largest absolute Gasteiger partial charge is 0.344 e. The number of carbonyl (C=O) groups excluding carboxylic acids is 2. The molecule has 0 unspecified atom stereocenters. The number of aromatic nitrogens is 1. The molecule has 0 radical (unpaired) electrons. The zero-order valence-corrected chi connectivity index (χ0v) is 16.1. The number of benzene rings is 1. The predicted molar refractivity (Wildman–Crippen MR) is 105 cm³/mol. The van der Waals surface area contributed by atoms with Crippen LogP contribution in [0.4, 0.5) is 0 Å². The molecule has 3 rings (SSSR count). The van der Waals surface area contributed by atoms with Crippen LogP contribution >= 0.6 is 11.8 Å². The van der Waals surface area contributed by atoms with Gasteiger partial charge in [0.15, 0.2) is 0 Å². The Bertz CT molecular complexity index is 803. The van der Waals surface area contributed by atoms with E-state index in [0.717, 1.165) is 47.4 Å². The number of amides is 2. The van der Waals surface area contributed by atoms with Crippen molar-refractivity contribution in [1.82, 2.24) is 15.2 Å². The molecule has 2 heterocycles. The normalized spacial score (nSPS) is 15.7. The first-order valence-corrected chi connectivity index (χ1v) is 10.1. The maximum absolute atomic E-state index is 12.4. The van der Waals surface area contributed by atoms with E-state index in [1.165, 1.54) is 18.2 Å². The molecule has 1 saturated heterocycles. The van der Waals surface area contributed by atoms with Gasteiger partial charge in [-0.2, -0.15) is 0 Å². The molecule has 1 fully saturated rings. The third kappa shape index (κ3) is 4.55. The summed E-state index contributed by atoms with van der Waals surface area (Å²) in [5.74, 6) is 0.130. The second-order valence-corrected chi connectivity index (χ2v) is 7.75. The van der Waals surface area contributed by atoms with E-state index in [1.54, 1.807) is 6.92 Å². The summed E-state index contributed by atoms with van der Waals surface area (Å²) in [5.41, 5.74) is 2.08. The first kappa shape index (κ1) is 18.7. The monoisotopic (exact) mass is 371 g/mol. The SMILES string of the molecule is Cc1cc(SCC(=O)N[C@H](C)C(=O)N2CCCCC2)nc2ccccc12. The number of hydrogen-bond acceptors (Lipinski definition) is 4. The van der Waals surface area contributed by atoms with Gasteiger partial charge >= 0.3 is 0 Å². The van der Waals surface area contributed by atoms with E-state index in [0.29, 0.717) is 0 Å². The molecule has 1 N–H and O–H groups in total. The Hall–Kier alpha value is -2.08. The van der Waals surface area contributed by atoms with E-state index in [9.17, 15) is 9.59 Å². The van der Waals surface area contributed by atoms with Gasteiger partial charge in [-0.15, -0.1) is 0 Å². The molecule has 26 heavy (non-hydrogen) atoms. The number of likely N-dealkylation sites (tertiary alicyclic amines) is 1. The topological polar surface area (TPSA) is 62.3 Å². The molecule has 1 atom stereocenters. The zero-order valence-electron chi connectivity index (χ0n) is 15.3. The minimum atomic E-state index is -0.479. The Morgan fingerprint density at radius 3 is 2.73 bits per heavy atom. The molecule has 6 heteroatoms. The summed E-state index contributed by atoms with van der Waals surface area (Å²) < 4.78 is 0. The average molecular weight is 372 g/mol. The molecule has 1 aromatic carbocycles. The average Bonchev–Trinajstić information content (AvgIpc) is 2.66. The zero-order chi connectivity index (χ0) is 18.5. The van der Waals surface area contributed by atoms with Gasteiger partial charge in [0.2, 0.25) is 11.8 Å². The van der Waals surface area contributed by atoms with Crippen molar-refractivity contribution in [3.8, 4) is 0 Å². The molecule has 2 amide bonds. The fourth-order valence-corrected chi connectivity index (χ4v) is 4.05. The van der Waals surface area contributed by atoms with Gasteiger partial charge in [0.05, 0.1) is 16.3 Å². The number of rotatable bonds is 5. The van der Waals surface area contributed by atoms with Crippen molar-refractivity contribution >= 4 is 34.5 Å². The predicted octanol–water partition coefficient (Wildman–Crippen LogP) is 3.15. The molecule has 0 saturated carbocycles. The molecular weight excluding hydrogens is 346 g/mol. The lowest BCUT2D eigenvalue weighted by Crippen LogP contribution is -2.48. The number of thioether (sulfide) groups is 1. The summed E-state index contributed by atoms with van der Waals surface area (Å²) in [5, 5.41) is 4.77. The summed E-state index contributed by atoms with van der Waals surface area (Å²) >= 11 is 1.40. The number of aryl methyl sites for hydroxylation is 1. The first-order valence-electron chi connectivity index (χ1n) is 9.12. The first-order chi connectivity index (χ1) is 12.5. The number of nitrogens with zero attached hydrogens (tertiary/aromatic N) is 2. The fraction of sp³-hybridized carbons (Fsp3) is 0.450. The van der Waals surface area contributed by atoms with Crippen LogP contribution in [0.25, 0.3) is 10.9 Å². The van der Waals surface area contributed by atoms with E-state index in [4.69, 9.17) is 0 Å². The Kier molecular flexibility index (Phi) is 6.14. The van der Waals surface area contributed by atoms with E-state index >= 15 is 0 Å². The lowest BCUT2D eigenvalue weighted by molar-refractivity contribution is -0.136. The number of para-hydroxylation sites is 1. The summed E-state index contributed by atoms with van der Waals surface area (Å²) in [4.78, 5) is 31.1. The maximum Gasteiger partial charge on any atom is 0.244 e. The highest BCUT2D eigenvalue weighted by Gasteiger charge is 2.23. The number of nitrogens with one attached hydrogen (secondary N) is 1. The summed E-state index contributed by atoms with van der Waals surface area (Å²) in [6.45, 7) is 5.41. The van der Waals surface area contributed by atoms with Gasteiger partial charge in [-0.25, -0.2) is 4.98 Å². The van der Waals surface area contributed by atoms with E-state index in [1.807, 2.05) is 42.2 Å². The molecule has 1 aliphatic rings. The van der Waals surface area contributed by atoms with Crippen molar-refractivity contribution in [2.45, 2.75) is 44.2 Å². The quantitative estimate of drug-likeness (QED) is 0.820. The summed E-state index contributed by atoms with van der Waals surface area (Å²) in [6, 6.07) is 9.51. The summed E-state index contributed by atoms with van der Waals surface area (Å²) in [7, 11) is 0. The minimum absolute atomic E-state index is 0.0164. The lowest BCUT2D eigenvalue weighted by atomic mass is 10.1. The number of fused-ring (bicyclic) bond motifs is 1. The number of carbonyl (C=O) groups is 2. The Morgan fingerprint density at radius 2 is 1.96 bits per heavy atom. The summed E-state index contributed by atoms with van der Waals surface area (Å²) in [6.07, 6.45) is 3.28. The van der Waals surface area contributed by atoms with Crippen LogP contribution in [-0.4, -0.2) is 46.6 Å². The van der Waals surface area contributed by atoms with E-state index in [-0.39, 0.29) is 17.6 Å². The van der Waals surface area contributed by atoms with Gasteiger partial charge in [0.1, 0.15) is 6.04 Å². The minimum Gasteiger partial charge on any atom is -0.344 e. The molecule has 0 aliphatic carbocycles. The Labute approximate surface area is 158 Å². The Morgan fingerprint density at radius 1 is 1.23 bits per heavy atom. The van der Waals surface area contributed by atoms with Crippen molar-refractivity contribution in [3.63, 3.8) is 0 Å². The molecule has 5 nitrogen and oxygen atoms in total. The number of pyridine rings is 1. The molecular formula is C20H25N3O2S. The second-order valence-electron chi connectivity index (χ2n) is 6.76. The van der Waals surface area contributed by atoms with Crippen molar-refractivity contribution in [1.29, 1.82) is 0 Å². The standard InChI is InChI=1S/C20H25N3O2S/c1-14-12-19(22-17-9-5-4-8-16(14)17)26-13-18(24)21-15(2)20(25)23-10-6-3-7-11-23/h4-5,8-9,12,15H,3,6-7,10-11,13H2,1-2H3,(H,21,24)/t15-/m1/s1. The maximum atomic E-state index is 12.4. The van der Waals surface area contributed by atoms with Crippen LogP contribution in [0.3, 0.4) is 0 Å². The molecule has 1 aromatic heterocycles. The molecule has 1 aliphatic heterocycles. The van der Waals surface area contributed by atoms with Crippen LogP contribution < -0.4 is 5.32 Å². The molecule has 138 valence electrons. The molecule has 2 aromatic rings. The molecule has 0 spiro atoms. The van der Waals surface area contributed by atoms with Crippen molar-refractivity contribution < 1.29 is 9.59 Å². The van der Waals surface area contributed by atoms with Gasteiger partial charge in [0.25, 0.3) is 0 Å². The second kappa shape index (κ2) is 8.54. The fourth-order valence-electron chi connectivity index (χ4n) is 3.27. The van der Waals surface area contributed by atoms with Gasteiger partial charge in [-0.3, -0.25) is 9.59 Å². The van der Waals surface area contributed by atoms with Crippen LogP contribution in [0.5, 0.6) is 0 Å². The van der Waals surface area contributed by atoms with Gasteiger partial charge in [-0.05, 0) is 50.8 Å². The number of hydrogen-bond donors (Lipinski definition) is 1. The van der Waals surface area contributed by atoms with Crippen LogP contribution in [0.2, 0.25) is 0 Å². The van der Waals surface area contributed by atoms with Gasteiger partial charge < -0.3 is 10.2 Å². The molecule has 0 bridgehead atoms. The third-order valence-corrected chi connectivity index (χ3v) is 5.58. The van der Waals surface area contributed by atoms with E-state index in [2.05, 4.69) is 10.3 Å². The highest BCUT2D eigenvalue weighted by molar-refractivity contribution is 7.99. The van der Waals surface area contributed by atoms with Crippen LogP contribution in [-0.2, 0) is 9.59 Å². The van der Waals surface area contributed by atoms with Crippen molar-refractivity contribution in [3.05, 3.63) is 35.9 Å². The van der Waals surface area contributed by atoms with Gasteiger partial charge in [0, 0.05) is 18.5 Å².